The van der Waals surface area contributed by atoms with Crippen LogP contribution < -0.4 is 4.74 Å². The van der Waals surface area contributed by atoms with Gasteiger partial charge in [0, 0.05) is 23.3 Å². The van der Waals surface area contributed by atoms with E-state index in [-0.39, 0.29) is 24.9 Å². The van der Waals surface area contributed by atoms with Gasteiger partial charge in [-0.15, -0.1) is 0 Å². The first kappa shape index (κ1) is 26.0. The van der Waals surface area contributed by atoms with Crippen molar-refractivity contribution in [2.75, 3.05) is 25.4 Å². The van der Waals surface area contributed by atoms with Gasteiger partial charge in [-0.25, -0.2) is 8.42 Å². The Morgan fingerprint density at radius 1 is 1.18 bits per heavy atom. The van der Waals surface area contributed by atoms with E-state index in [9.17, 15) is 17.8 Å². The highest BCUT2D eigenvalue weighted by atomic mass is 35.5. The molecule has 1 fully saturated rings. The quantitative estimate of drug-likeness (QED) is 0.331. The molecule has 180 valence electrons. The lowest BCUT2D eigenvalue weighted by Crippen LogP contribution is -2.34. The molecule has 3 rings (SSSR count). The van der Waals surface area contributed by atoms with Gasteiger partial charge in [-0.3, -0.25) is 9.69 Å². The number of Topliss-reactive ketones (excluding diaryl/α,β-unsaturated/α-hetero) is 1. The first-order chi connectivity index (χ1) is 15.5. The number of benzene rings is 2. The third-order valence-electron chi connectivity index (χ3n) is 5.91. The molecule has 0 aromatic heterocycles. The standard InChI is InChI=1S/C24H29Cl2NO5S/c1-17(2)32-20-6-3-5-18(13-20)23(28)15-27-11-10-24(16-27,9-4-12-33(29,30)31)19-7-8-21(25)22(26)14-19/h3,5-8,13-14,17H,4,9-12,15-16H2,1-2H3,(H,29,30,31)/p-1. The zero-order chi connectivity index (χ0) is 24.2. The topological polar surface area (TPSA) is 86.7 Å². The number of carbonyl (C=O) groups excluding carboxylic acids is 1. The monoisotopic (exact) mass is 512 g/mol. The van der Waals surface area contributed by atoms with E-state index in [0.29, 0.717) is 47.3 Å². The van der Waals surface area contributed by atoms with E-state index in [1.165, 1.54) is 0 Å². The molecule has 0 spiro atoms. The normalized spacial score (nSPS) is 19.2. The van der Waals surface area contributed by atoms with Gasteiger partial charge in [0.1, 0.15) is 5.75 Å². The van der Waals surface area contributed by atoms with Crippen LogP contribution in [-0.4, -0.2) is 55.1 Å². The second kappa shape index (κ2) is 10.7. The number of halogens is 2. The van der Waals surface area contributed by atoms with Crippen molar-refractivity contribution in [3.63, 3.8) is 0 Å². The average molecular weight is 513 g/mol. The number of rotatable bonds is 10. The Bertz CT molecular complexity index is 1110. The summed E-state index contributed by atoms with van der Waals surface area (Å²) in [7, 11) is -4.30. The summed E-state index contributed by atoms with van der Waals surface area (Å²) in [5.74, 6) is 0.218. The van der Waals surface area contributed by atoms with Gasteiger partial charge >= 0.3 is 0 Å². The number of likely N-dealkylation sites (tertiary alicyclic amines) is 1. The lowest BCUT2D eigenvalue weighted by molar-refractivity contribution is 0.0941. The molecular weight excluding hydrogens is 485 g/mol. The van der Waals surface area contributed by atoms with Crippen molar-refractivity contribution >= 4 is 39.1 Å². The molecule has 0 N–H and O–H groups in total. The first-order valence-corrected chi connectivity index (χ1v) is 13.2. The van der Waals surface area contributed by atoms with Gasteiger partial charge in [-0.05, 0) is 69.5 Å². The minimum Gasteiger partial charge on any atom is -0.748 e. The number of hydrogen-bond donors (Lipinski definition) is 0. The molecular formula is C24H28Cl2NO5S-. The van der Waals surface area contributed by atoms with Crippen LogP contribution in [0, 0.1) is 0 Å². The highest BCUT2D eigenvalue weighted by Crippen LogP contribution is 2.41. The Morgan fingerprint density at radius 2 is 1.94 bits per heavy atom. The zero-order valence-corrected chi connectivity index (χ0v) is 21.0. The summed E-state index contributed by atoms with van der Waals surface area (Å²) in [6.07, 6.45) is 1.46. The summed E-state index contributed by atoms with van der Waals surface area (Å²) in [6.45, 7) is 5.31. The highest BCUT2D eigenvalue weighted by Gasteiger charge is 2.40. The van der Waals surface area contributed by atoms with Gasteiger partial charge in [0.05, 0.1) is 32.8 Å². The average Bonchev–Trinajstić information content (AvgIpc) is 3.12. The lowest BCUT2D eigenvalue weighted by atomic mass is 9.76. The Kier molecular flexibility index (Phi) is 8.45. The maximum atomic E-state index is 13.0. The SMILES string of the molecule is CC(C)Oc1cccc(C(=O)CN2CCC(CCCS(=O)(=O)[O-])(c3ccc(Cl)c(Cl)c3)C2)c1. The van der Waals surface area contributed by atoms with Crippen molar-refractivity contribution < 1.29 is 22.5 Å². The van der Waals surface area contributed by atoms with Crippen LogP contribution >= 0.6 is 23.2 Å². The number of ether oxygens (including phenoxy) is 1. The Morgan fingerprint density at radius 3 is 2.61 bits per heavy atom. The third kappa shape index (κ3) is 7.17. The number of hydrogen-bond acceptors (Lipinski definition) is 6. The van der Waals surface area contributed by atoms with Crippen LogP contribution in [0.25, 0.3) is 0 Å². The molecule has 33 heavy (non-hydrogen) atoms. The fourth-order valence-electron chi connectivity index (χ4n) is 4.40. The summed E-state index contributed by atoms with van der Waals surface area (Å²) in [5, 5.41) is 0.854. The largest absolute Gasteiger partial charge is 0.748 e. The fraction of sp³-hybridized carbons (Fsp3) is 0.458. The van der Waals surface area contributed by atoms with Crippen LogP contribution in [0.3, 0.4) is 0 Å². The van der Waals surface area contributed by atoms with Gasteiger partial charge in [0.15, 0.2) is 5.78 Å². The van der Waals surface area contributed by atoms with Crippen LogP contribution in [0.15, 0.2) is 42.5 Å². The molecule has 1 atom stereocenters. The van der Waals surface area contributed by atoms with E-state index in [0.717, 1.165) is 5.56 Å². The lowest BCUT2D eigenvalue weighted by Gasteiger charge is -2.31. The van der Waals surface area contributed by atoms with Gasteiger partial charge < -0.3 is 9.29 Å². The molecule has 1 aliphatic heterocycles. The number of nitrogens with zero attached hydrogens (tertiary/aromatic N) is 1. The third-order valence-corrected chi connectivity index (χ3v) is 7.44. The van der Waals surface area contributed by atoms with Gasteiger partial charge in [0.2, 0.25) is 0 Å². The molecule has 1 aliphatic rings. The molecule has 6 nitrogen and oxygen atoms in total. The van der Waals surface area contributed by atoms with E-state index >= 15 is 0 Å². The Hall–Kier alpha value is -1.64. The molecule has 0 saturated carbocycles. The summed E-state index contributed by atoms with van der Waals surface area (Å²) < 4.78 is 39.1. The molecule has 9 heteroatoms. The van der Waals surface area contributed by atoms with Gasteiger partial charge in [-0.2, -0.15) is 0 Å². The van der Waals surface area contributed by atoms with E-state index < -0.39 is 21.3 Å². The van der Waals surface area contributed by atoms with Crippen molar-refractivity contribution in [2.45, 2.75) is 44.6 Å². The molecule has 1 saturated heterocycles. The number of carbonyl (C=O) groups is 1. The molecule has 0 radical (unpaired) electrons. The summed E-state index contributed by atoms with van der Waals surface area (Å²) in [5.41, 5.74) is 1.10. The minimum atomic E-state index is -4.30. The second-order valence-corrected chi connectivity index (χ2v) is 11.2. The minimum absolute atomic E-state index is 0.0127. The van der Waals surface area contributed by atoms with E-state index in [4.69, 9.17) is 27.9 Å². The van der Waals surface area contributed by atoms with E-state index in [1.807, 2.05) is 26.0 Å². The van der Waals surface area contributed by atoms with Gasteiger partial charge in [0.25, 0.3) is 0 Å². The van der Waals surface area contributed by atoms with Crippen LogP contribution in [0.1, 0.15) is 49.0 Å². The molecule has 2 aromatic rings. The predicted molar refractivity (Wildman–Crippen MR) is 130 cm³/mol. The van der Waals surface area contributed by atoms with Crippen molar-refractivity contribution in [3.8, 4) is 5.75 Å². The molecule has 0 aliphatic carbocycles. The zero-order valence-electron chi connectivity index (χ0n) is 18.7. The number of ketones is 1. The maximum Gasteiger partial charge on any atom is 0.176 e. The second-order valence-electron chi connectivity index (χ2n) is 8.85. The van der Waals surface area contributed by atoms with Crippen molar-refractivity contribution in [2.24, 2.45) is 0 Å². The fourth-order valence-corrected chi connectivity index (χ4v) is 5.20. The van der Waals surface area contributed by atoms with E-state index in [1.54, 1.807) is 30.3 Å². The molecule has 2 aromatic carbocycles. The molecule has 1 unspecified atom stereocenters. The summed E-state index contributed by atoms with van der Waals surface area (Å²) in [6, 6.07) is 12.6. The summed E-state index contributed by atoms with van der Waals surface area (Å²) >= 11 is 12.3. The Labute approximate surface area is 205 Å². The van der Waals surface area contributed by atoms with Crippen LogP contribution in [0.4, 0.5) is 0 Å². The first-order valence-electron chi connectivity index (χ1n) is 10.9. The van der Waals surface area contributed by atoms with Crippen molar-refractivity contribution in [1.82, 2.24) is 4.90 Å². The van der Waals surface area contributed by atoms with E-state index in [2.05, 4.69) is 4.90 Å². The van der Waals surface area contributed by atoms with Crippen LogP contribution in [0.2, 0.25) is 10.0 Å². The summed E-state index contributed by atoms with van der Waals surface area (Å²) in [4.78, 5) is 15.0. The van der Waals surface area contributed by atoms with Gasteiger partial charge in [-0.1, -0.05) is 41.4 Å². The van der Waals surface area contributed by atoms with Crippen molar-refractivity contribution in [3.05, 3.63) is 63.6 Å². The van der Waals surface area contributed by atoms with Crippen LogP contribution in [0.5, 0.6) is 5.75 Å². The van der Waals surface area contributed by atoms with Crippen LogP contribution in [-0.2, 0) is 15.5 Å². The molecule has 0 bridgehead atoms. The molecule has 0 amide bonds. The Balaban J connectivity index is 1.76. The highest BCUT2D eigenvalue weighted by molar-refractivity contribution is 7.85. The molecule has 1 heterocycles. The predicted octanol–water partition coefficient (Wildman–Crippen LogP) is 4.93. The van der Waals surface area contributed by atoms with Crippen molar-refractivity contribution in [1.29, 1.82) is 0 Å². The maximum absolute atomic E-state index is 13.0. The smallest absolute Gasteiger partial charge is 0.176 e.